The van der Waals surface area contributed by atoms with Crippen molar-refractivity contribution in [3.8, 4) is 5.75 Å². The fourth-order valence-electron chi connectivity index (χ4n) is 2.50. The van der Waals surface area contributed by atoms with Crippen molar-refractivity contribution in [2.24, 2.45) is 7.05 Å². The van der Waals surface area contributed by atoms with Crippen molar-refractivity contribution in [1.82, 2.24) is 9.78 Å². The second kappa shape index (κ2) is 6.48. The van der Waals surface area contributed by atoms with Crippen molar-refractivity contribution >= 4 is 11.8 Å². The largest absolute Gasteiger partial charge is 0.493 e. The van der Waals surface area contributed by atoms with Crippen LogP contribution in [0.25, 0.3) is 0 Å². The Bertz CT molecular complexity index is 375. The molecule has 0 saturated heterocycles. The van der Waals surface area contributed by atoms with Gasteiger partial charge in [0.2, 0.25) is 0 Å². The van der Waals surface area contributed by atoms with E-state index < -0.39 is 6.10 Å². The third-order valence-electron chi connectivity index (χ3n) is 3.53. The Morgan fingerprint density at radius 2 is 2.22 bits per heavy atom. The summed E-state index contributed by atoms with van der Waals surface area (Å²) in [6, 6.07) is 0. The molecule has 0 bridgehead atoms. The van der Waals surface area contributed by atoms with E-state index in [0.29, 0.717) is 11.0 Å². The van der Waals surface area contributed by atoms with E-state index in [9.17, 15) is 5.11 Å². The van der Waals surface area contributed by atoms with Gasteiger partial charge in [-0.1, -0.05) is 19.3 Å². The molecule has 0 aliphatic heterocycles. The van der Waals surface area contributed by atoms with Crippen molar-refractivity contribution in [2.45, 2.75) is 43.5 Å². The molecule has 1 aliphatic carbocycles. The first-order chi connectivity index (χ1) is 8.72. The monoisotopic (exact) mass is 270 g/mol. The molecular formula is C13H22N2O2S. The van der Waals surface area contributed by atoms with Crippen LogP contribution in [0.5, 0.6) is 5.75 Å². The van der Waals surface area contributed by atoms with Crippen LogP contribution in [0.2, 0.25) is 0 Å². The fraction of sp³-hybridized carbons (Fsp3) is 0.769. The first-order valence-corrected chi connectivity index (χ1v) is 7.62. The molecule has 4 nitrogen and oxygen atoms in total. The second-order valence-electron chi connectivity index (χ2n) is 4.83. The lowest BCUT2D eigenvalue weighted by atomic mass is 10.0. The van der Waals surface area contributed by atoms with Gasteiger partial charge in [-0.05, 0) is 12.8 Å². The smallest absolute Gasteiger partial charge is 0.162 e. The lowest BCUT2D eigenvalue weighted by molar-refractivity contribution is 0.188. The molecular weight excluding hydrogens is 248 g/mol. The molecule has 1 fully saturated rings. The Kier molecular flexibility index (Phi) is 4.95. The average Bonchev–Trinajstić information content (AvgIpc) is 2.78. The van der Waals surface area contributed by atoms with Crippen LogP contribution in [0.1, 0.15) is 43.9 Å². The molecule has 5 heteroatoms. The van der Waals surface area contributed by atoms with Crippen molar-refractivity contribution in [1.29, 1.82) is 0 Å². The zero-order valence-corrected chi connectivity index (χ0v) is 11.9. The zero-order valence-electron chi connectivity index (χ0n) is 11.1. The van der Waals surface area contributed by atoms with Gasteiger partial charge in [0, 0.05) is 18.1 Å². The normalized spacial score (nSPS) is 18.8. The minimum atomic E-state index is -0.501. The van der Waals surface area contributed by atoms with Gasteiger partial charge in [-0.25, -0.2) is 0 Å². The van der Waals surface area contributed by atoms with E-state index in [0.717, 1.165) is 11.4 Å². The standard InChI is InChI=1S/C13H22N2O2S/c1-15-13(12(17-2)8-14-15)11(16)9-18-10-6-4-3-5-7-10/h8,10-11,16H,3-7,9H2,1-2H3. The number of nitrogens with zero attached hydrogens (tertiary/aromatic N) is 2. The molecule has 1 saturated carbocycles. The molecule has 1 unspecified atom stereocenters. The quantitative estimate of drug-likeness (QED) is 0.893. The van der Waals surface area contributed by atoms with Gasteiger partial charge in [-0.2, -0.15) is 16.9 Å². The number of aliphatic hydroxyl groups excluding tert-OH is 1. The summed E-state index contributed by atoms with van der Waals surface area (Å²) < 4.78 is 6.93. The molecule has 0 spiro atoms. The van der Waals surface area contributed by atoms with Gasteiger partial charge in [0.25, 0.3) is 0 Å². The van der Waals surface area contributed by atoms with Gasteiger partial charge < -0.3 is 9.84 Å². The maximum absolute atomic E-state index is 10.3. The number of aliphatic hydroxyl groups is 1. The summed E-state index contributed by atoms with van der Waals surface area (Å²) in [7, 11) is 3.45. The van der Waals surface area contributed by atoms with Crippen molar-refractivity contribution < 1.29 is 9.84 Å². The second-order valence-corrected chi connectivity index (χ2v) is 6.16. The summed E-state index contributed by atoms with van der Waals surface area (Å²) in [5.74, 6) is 1.40. The summed E-state index contributed by atoms with van der Waals surface area (Å²) in [5, 5.41) is 15.1. The Hall–Kier alpha value is -0.680. The van der Waals surface area contributed by atoms with Gasteiger partial charge in [0.15, 0.2) is 5.75 Å². The average molecular weight is 270 g/mol. The van der Waals surface area contributed by atoms with Crippen molar-refractivity contribution in [3.05, 3.63) is 11.9 Å². The third-order valence-corrected chi connectivity index (χ3v) is 4.98. The summed E-state index contributed by atoms with van der Waals surface area (Å²) in [6.07, 6.45) is 7.78. The SMILES string of the molecule is COc1cnn(C)c1C(O)CSC1CCCCC1. The van der Waals surface area contributed by atoms with E-state index in [1.165, 1.54) is 32.1 Å². The molecule has 0 radical (unpaired) electrons. The molecule has 1 aromatic heterocycles. The highest BCUT2D eigenvalue weighted by Gasteiger charge is 2.21. The highest BCUT2D eigenvalue weighted by atomic mass is 32.2. The van der Waals surface area contributed by atoms with Crippen LogP contribution in [-0.4, -0.2) is 33.0 Å². The van der Waals surface area contributed by atoms with E-state index in [2.05, 4.69) is 5.10 Å². The first-order valence-electron chi connectivity index (χ1n) is 6.58. The van der Waals surface area contributed by atoms with Gasteiger partial charge in [-0.15, -0.1) is 0 Å². The van der Waals surface area contributed by atoms with Gasteiger partial charge >= 0.3 is 0 Å². The van der Waals surface area contributed by atoms with Crippen molar-refractivity contribution in [3.63, 3.8) is 0 Å². The van der Waals surface area contributed by atoms with Crippen LogP contribution in [-0.2, 0) is 7.05 Å². The maximum Gasteiger partial charge on any atom is 0.162 e. The number of hydrogen-bond donors (Lipinski definition) is 1. The Labute approximate surface area is 113 Å². The van der Waals surface area contributed by atoms with Crippen LogP contribution in [0.3, 0.4) is 0 Å². The number of thioether (sulfide) groups is 1. The van der Waals surface area contributed by atoms with Gasteiger partial charge in [0.05, 0.1) is 13.3 Å². The van der Waals surface area contributed by atoms with Crippen molar-refractivity contribution in [2.75, 3.05) is 12.9 Å². The molecule has 1 heterocycles. The molecule has 1 aliphatic rings. The molecule has 0 amide bonds. The Balaban J connectivity index is 1.90. The Morgan fingerprint density at radius 1 is 1.50 bits per heavy atom. The molecule has 18 heavy (non-hydrogen) atoms. The summed E-state index contributed by atoms with van der Waals surface area (Å²) >= 11 is 1.88. The highest BCUT2D eigenvalue weighted by molar-refractivity contribution is 7.99. The van der Waals surface area contributed by atoms with Gasteiger partial charge in [0.1, 0.15) is 11.8 Å². The lowest BCUT2D eigenvalue weighted by Gasteiger charge is -2.22. The number of methoxy groups -OCH3 is 1. The number of aryl methyl sites for hydroxylation is 1. The van der Waals surface area contributed by atoms with Crippen LogP contribution in [0.4, 0.5) is 0 Å². The van der Waals surface area contributed by atoms with Gasteiger partial charge in [-0.3, -0.25) is 4.68 Å². The number of hydrogen-bond acceptors (Lipinski definition) is 4. The van der Waals surface area contributed by atoms with E-state index in [1.807, 2.05) is 18.8 Å². The molecule has 0 aromatic carbocycles. The zero-order chi connectivity index (χ0) is 13.0. The minimum absolute atomic E-state index is 0.501. The van der Waals surface area contributed by atoms with Crippen LogP contribution in [0, 0.1) is 0 Å². The fourth-order valence-corrected chi connectivity index (χ4v) is 3.78. The lowest BCUT2D eigenvalue weighted by Crippen LogP contribution is -2.13. The number of ether oxygens (including phenoxy) is 1. The van der Waals surface area contributed by atoms with E-state index in [-0.39, 0.29) is 0 Å². The summed E-state index contributed by atoms with van der Waals surface area (Å²) in [5.41, 5.74) is 0.779. The Morgan fingerprint density at radius 3 is 2.89 bits per heavy atom. The third kappa shape index (κ3) is 3.20. The summed E-state index contributed by atoms with van der Waals surface area (Å²) in [4.78, 5) is 0. The molecule has 1 atom stereocenters. The molecule has 1 N–H and O–H groups in total. The highest BCUT2D eigenvalue weighted by Crippen LogP contribution is 2.33. The maximum atomic E-state index is 10.3. The predicted molar refractivity (Wildman–Crippen MR) is 74.1 cm³/mol. The minimum Gasteiger partial charge on any atom is -0.493 e. The molecule has 102 valence electrons. The van der Waals surface area contributed by atoms with Crippen LogP contribution in [0.15, 0.2) is 6.20 Å². The van der Waals surface area contributed by atoms with Crippen LogP contribution < -0.4 is 4.74 Å². The first kappa shape index (κ1) is 13.7. The number of aromatic nitrogens is 2. The van der Waals surface area contributed by atoms with Crippen LogP contribution >= 0.6 is 11.8 Å². The number of rotatable bonds is 5. The topological polar surface area (TPSA) is 47.3 Å². The molecule has 2 rings (SSSR count). The van der Waals surface area contributed by atoms with E-state index >= 15 is 0 Å². The van der Waals surface area contributed by atoms with E-state index in [1.54, 1.807) is 18.0 Å². The van der Waals surface area contributed by atoms with E-state index in [4.69, 9.17) is 4.74 Å². The molecule has 1 aromatic rings. The summed E-state index contributed by atoms with van der Waals surface area (Å²) in [6.45, 7) is 0. The predicted octanol–water partition coefficient (Wildman–Crippen LogP) is 2.53.